The molecule has 1 rings (SSSR count). The first-order valence-corrected chi connectivity index (χ1v) is 5.92. The van der Waals surface area contributed by atoms with Gasteiger partial charge < -0.3 is 14.6 Å². The van der Waals surface area contributed by atoms with Gasteiger partial charge in [-0.15, -0.1) is 0 Å². The van der Waals surface area contributed by atoms with Crippen molar-refractivity contribution in [1.29, 1.82) is 0 Å². The van der Waals surface area contributed by atoms with Gasteiger partial charge in [0.15, 0.2) is 11.5 Å². The maximum absolute atomic E-state index is 10.9. The molecule has 0 saturated heterocycles. The predicted octanol–water partition coefficient (Wildman–Crippen LogP) is 2.93. The van der Waals surface area contributed by atoms with Crippen LogP contribution in [0.3, 0.4) is 0 Å². The van der Waals surface area contributed by atoms with Gasteiger partial charge in [0, 0.05) is 0 Å². The minimum absolute atomic E-state index is 0.404. The van der Waals surface area contributed by atoms with Crippen molar-refractivity contribution in [3.8, 4) is 11.5 Å². The first-order valence-electron chi connectivity index (χ1n) is 5.55. The number of rotatable bonds is 5. The Kier molecular flexibility index (Phi) is 4.84. The Balaban J connectivity index is 3.21. The Morgan fingerprint density at radius 3 is 2.50 bits per heavy atom. The number of carboxylic acid groups (broad SMARTS) is 1. The van der Waals surface area contributed by atoms with Gasteiger partial charge >= 0.3 is 5.97 Å². The van der Waals surface area contributed by atoms with Gasteiger partial charge in [-0.2, -0.15) is 0 Å². The van der Waals surface area contributed by atoms with E-state index >= 15 is 0 Å². The monoisotopic (exact) mass is 272 g/mol. The van der Waals surface area contributed by atoms with Gasteiger partial charge in [-0.05, 0) is 30.5 Å². The Morgan fingerprint density at radius 2 is 2.06 bits per heavy atom. The summed E-state index contributed by atoms with van der Waals surface area (Å²) in [7, 11) is 3.04. The fourth-order valence-electron chi connectivity index (χ4n) is 1.72. The molecule has 1 N–H and O–H groups in total. The molecule has 4 nitrogen and oxygen atoms in total. The molecule has 0 heterocycles. The molecule has 0 saturated carbocycles. The normalized spacial score (nSPS) is 12.1. The Bertz CT molecular complexity index is 457. The van der Waals surface area contributed by atoms with Crippen LogP contribution in [-0.2, 0) is 11.2 Å². The average molecular weight is 273 g/mol. The molecule has 100 valence electrons. The van der Waals surface area contributed by atoms with Gasteiger partial charge in [0.1, 0.15) is 0 Å². The number of hydrogen-bond donors (Lipinski definition) is 1. The van der Waals surface area contributed by atoms with E-state index in [1.807, 2.05) is 6.92 Å². The van der Waals surface area contributed by atoms with Crippen molar-refractivity contribution in [3.05, 3.63) is 22.2 Å². The highest BCUT2D eigenvalue weighted by atomic mass is 35.5. The molecule has 1 aromatic rings. The van der Waals surface area contributed by atoms with E-state index in [0.29, 0.717) is 22.9 Å². The van der Waals surface area contributed by atoms with Crippen LogP contribution in [0.1, 0.15) is 18.1 Å². The molecular weight excluding hydrogens is 256 g/mol. The van der Waals surface area contributed by atoms with Crippen molar-refractivity contribution < 1.29 is 19.4 Å². The molecule has 0 aliphatic rings. The molecule has 1 aromatic carbocycles. The zero-order chi connectivity index (χ0) is 13.9. The van der Waals surface area contributed by atoms with Crippen molar-refractivity contribution in [2.75, 3.05) is 14.2 Å². The van der Waals surface area contributed by atoms with Crippen molar-refractivity contribution >= 4 is 17.6 Å². The van der Waals surface area contributed by atoms with Crippen LogP contribution in [0.15, 0.2) is 6.07 Å². The molecule has 0 spiro atoms. The largest absolute Gasteiger partial charge is 0.493 e. The summed E-state index contributed by atoms with van der Waals surface area (Å²) in [6.45, 7) is 3.50. The lowest BCUT2D eigenvalue weighted by atomic mass is 9.97. The predicted molar refractivity (Wildman–Crippen MR) is 69.8 cm³/mol. The van der Waals surface area contributed by atoms with Crippen LogP contribution in [-0.4, -0.2) is 25.3 Å². The standard InChI is InChI=1S/C13H17ClO4/c1-7(13(15)16)5-9-6-10(17-3)12(18-4)11(14)8(9)2/h6-7H,5H2,1-4H3,(H,15,16). The van der Waals surface area contributed by atoms with Crippen LogP contribution < -0.4 is 9.47 Å². The van der Waals surface area contributed by atoms with E-state index < -0.39 is 11.9 Å². The number of carbonyl (C=O) groups is 1. The maximum atomic E-state index is 10.9. The van der Waals surface area contributed by atoms with E-state index in [1.165, 1.54) is 14.2 Å². The summed E-state index contributed by atoms with van der Waals surface area (Å²) in [6, 6.07) is 1.78. The fraction of sp³-hybridized carbons (Fsp3) is 0.462. The molecule has 0 aliphatic carbocycles. The molecule has 0 bridgehead atoms. The third kappa shape index (κ3) is 2.88. The van der Waals surface area contributed by atoms with Crippen molar-refractivity contribution in [2.24, 2.45) is 5.92 Å². The number of ether oxygens (including phenoxy) is 2. The highest BCUT2D eigenvalue weighted by Crippen LogP contribution is 2.39. The van der Waals surface area contributed by atoms with E-state index in [0.717, 1.165) is 11.1 Å². The zero-order valence-electron chi connectivity index (χ0n) is 10.9. The number of aliphatic carboxylic acids is 1. The Morgan fingerprint density at radius 1 is 1.44 bits per heavy atom. The van der Waals surface area contributed by atoms with Gasteiger partial charge in [-0.25, -0.2) is 0 Å². The van der Waals surface area contributed by atoms with Crippen LogP contribution in [0.4, 0.5) is 0 Å². The number of halogens is 1. The number of hydrogen-bond acceptors (Lipinski definition) is 3. The van der Waals surface area contributed by atoms with Gasteiger partial charge in [0.2, 0.25) is 0 Å². The lowest BCUT2D eigenvalue weighted by molar-refractivity contribution is -0.141. The van der Waals surface area contributed by atoms with Gasteiger partial charge in [0.05, 0.1) is 25.2 Å². The summed E-state index contributed by atoms with van der Waals surface area (Å²) < 4.78 is 10.4. The van der Waals surface area contributed by atoms with Crippen LogP contribution in [0.2, 0.25) is 5.02 Å². The highest BCUT2D eigenvalue weighted by molar-refractivity contribution is 6.33. The van der Waals surface area contributed by atoms with E-state index in [9.17, 15) is 4.79 Å². The van der Waals surface area contributed by atoms with E-state index in [2.05, 4.69) is 0 Å². The average Bonchev–Trinajstić information content (AvgIpc) is 2.34. The molecular formula is C13H17ClO4. The van der Waals surface area contributed by atoms with Crippen LogP contribution in [0, 0.1) is 12.8 Å². The summed E-state index contributed by atoms with van der Waals surface area (Å²) in [6.07, 6.45) is 0.404. The maximum Gasteiger partial charge on any atom is 0.306 e. The minimum Gasteiger partial charge on any atom is -0.493 e. The Labute approximate surface area is 111 Å². The summed E-state index contributed by atoms with van der Waals surface area (Å²) >= 11 is 6.19. The molecule has 5 heteroatoms. The van der Waals surface area contributed by atoms with Gasteiger partial charge in [-0.3, -0.25) is 4.79 Å². The van der Waals surface area contributed by atoms with Crippen LogP contribution >= 0.6 is 11.6 Å². The first kappa shape index (κ1) is 14.6. The topological polar surface area (TPSA) is 55.8 Å². The molecule has 0 aliphatic heterocycles. The van der Waals surface area contributed by atoms with Crippen molar-refractivity contribution in [3.63, 3.8) is 0 Å². The minimum atomic E-state index is -0.833. The molecule has 0 fully saturated rings. The van der Waals surface area contributed by atoms with Crippen LogP contribution in [0.5, 0.6) is 11.5 Å². The quantitative estimate of drug-likeness (QED) is 0.895. The highest BCUT2D eigenvalue weighted by Gasteiger charge is 2.19. The second-order valence-corrected chi connectivity index (χ2v) is 4.53. The summed E-state index contributed by atoms with van der Waals surface area (Å²) in [5.74, 6) is -0.317. The number of benzene rings is 1. The summed E-state index contributed by atoms with van der Waals surface area (Å²) in [5, 5.41) is 9.40. The number of carboxylic acids is 1. The zero-order valence-corrected chi connectivity index (χ0v) is 11.7. The number of methoxy groups -OCH3 is 2. The lowest BCUT2D eigenvalue weighted by Gasteiger charge is -2.16. The van der Waals surface area contributed by atoms with Crippen molar-refractivity contribution in [2.45, 2.75) is 20.3 Å². The lowest BCUT2D eigenvalue weighted by Crippen LogP contribution is -2.13. The fourth-order valence-corrected chi connectivity index (χ4v) is 2.01. The van der Waals surface area contributed by atoms with Crippen molar-refractivity contribution in [1.82, 2.24) is 0 Å². The van der Waals surface area contributed by atoms with Gasteiger partial charge in [-0.1, -0.05) is 18.5 Å². The van der Waals surface area contributed by atoms with Crippen LogP contribution in [0.25, 0.3) is 0 Å². The molecule has 1 atom stereocenters. The van der Waals surface area contributed by atoms with E-state index in [1.54, 1.807) is 13.0 Å². The third-order valence-electron chi connectivity index (χ3n) is 2.91. The second-order valence-electron chi connectivity index (χ2n) is 4.15. The summed E-state index contributed by atoms with van der Waals surface area (Å²) in [4.78, 5) is 10.9. The van der Waals surface area contributed by atoms with E-state index in [-0.39, 0.29) is 0 Å². The SMILES string of the molecule is COc1cc(CC(C)C(=O)O)c(C)c(Cl)c1OC. The molecule has 18 heavy (non-hydrogen) atoms. The molecule has 0 amide bonds. The molecule has 0 radical (unpaired) electrons. The second kappa shape index (κ2) is 5.96. The third-order valence-corrected chi connectivity index (χ3v) is 3.37. The summed E-state index contributed by atoms with van der Waals surface area (Å²) in [5.41, 5.74) is 1.68. The first-order chi connectivity index (χ1) is 8.42. The van der Waals surface area contributed by atoms with Gasteiger partial charge in [0.25, 0.3) is 0 Å². The molecule has 0 aromatic heterocycles. The molecule has 1 unspecified atom stereocenters. The smallest absolute Gasteiger partial charge is 0.306 e. The van der Waals surface area contributed by atoms with E-state index in [4.69, 9.17) is 26.2 Å². The Hall–Kier alpha value is -1.42.